The number of likely N-dealkylation sites (tertiary alicyclic amines) is 1. The summed E-state index contributed by atoms with van der Waals surface area (Å²) in [5.41, 5.74) is 3.74. The molecule has 3 aromatic carbocycles. The van der Waals surface area contributed by atoms with E-state index in [9.17, 15) is 4.79 Å². The SMILES string of the molecule is CN(Cc1ccccc1)N1C(=O)C(CCN2CCCC2)(c2ccccc2)c2ccccc21. The Labute approximate surface area is 191 Å². The molecule has 1 unspecified atom stereocenters. The lowest BCUT2D eigenvalue weighted by Gasteiger charge is -2.34. The first-order chi connectivity index (χ1) is 15.7. The van der Waals surface area contributed by atoms with Crippen molar-refractivity contribution in [3.63, 3.8) is 0 Å². The summed E-state index contributed by atoms with van der Waals surface area (Å²) in [5.74, 6) is 0.155. The highest BCUT2D eigenvalue weighted by atomic mass is 16.2. The molecule has 2 heterocycles. The third kappa shape index (κ3) is 3.64. The normalized spacial score (nSPS) is 20.8. The van der Waals surface area contributed by atoms with E-state index < -0.39 is 5.41 Å². The van der Waals surface area contributed by atoms with Gasteiger partial charge in [-0.2, -0.15) is 0 Å². The van der Waals surface area contributed by atoms with Crippen LogP contribution >= 0.6 is 0 Å². The zero-order valence-corrected chi connectivity index (χ0v) is 18.8. The average molecular weight is 426 g/mol. The summed E-state index contributed by atoms with van der Waals surface area (Å²) in [5, 5.41) is 3.98. The topological polar surface area (TPSA) is 26.8 Å². The zero-order valence-electron chi connectivity index (χ0n) is 18.8. The molecule has 1 saturated heterocycles. The Morgan fingerprint density at radius 3 is 2.19 bits per heavy atom. The molecule has 0 aliphatic carbocycles. The fraction of sp³-hybridized carbons (Fsp3) is 0.321. The summed E-state index contributed by atoms with van der Waals surface area (Å²) in [7, 11) is 2.02. The molecular formula is C28H31N3O. The van der Waals surface area contributed by atoms with Gasteiger partial charge >= 0.3 is 0 Å². The van der Waals surface area contributed by atoms with Gasteiger partial charge in [-0.1, -0.05) is 78.9 Å². The fourth-order valence-corrected chi connectivity index (χ4v) is 5.40. The molecule has 0 saturated carbocycles. The van der Waals surface area contributed by atoms with Gasteiger partial charge in [0.2, 0.25) is 0 Å². The number of hydrogen-bond acceptors (Lipinski definition) is 3. The number of benzene rings is 3. The molecule has 5 rings (SSSR count). The smallest absolute Gasteiger partial charge is 0.256 e. The van der Waals surface area contributed by atoms with Crippen molar-refractivity contribution in [2.75, 3.05) is 31.7 Å². The first-order valence-electron chi connectivity index (χ1n) is 11.7. The summed E-state index contributed by atoms with van der Waals surface area (Å²) in [6.45, 7) is 3.89. The van der Waals surface area contributed by atoms with Crippen molar-refractivity contribution in [1.82, 2.24) is 9.91 Å². The van der Waals surface area contributed by atoms with Gasteiger partial charge < -0.3 is 4.90 Å². The van der Waals surface area contributed by atoms with Crippen LogP contribution in [-0.2, 0) is 16.8 Å². The van der Waals surface area contributed by atoms with Crippen LogP contribution in [0.2, 0.25) is 0 Å². The lowest BCUT2D eigenvalue weighted by molar-refractivity contribution is -0.125. The zero-order chi connectivity index (χ0) is 22.0. The van der Waals surface area contributed by atoms with E-state index in [2.05, 4.69) is 64.5 Å². The maximum absolute atomic E-state index is 14.4. The van der Waals surface area contributed by atoms with Crippen molar-refractivity contribution in [2.24, 2.45) is 0 Å². The molecule has 0 N–H and O–H groups in total. The van der Waals surface area contributed by atoms with Crippen LogP contribution in [0.3, 0.4) is 0 Å². The van der Waals surface area contributed by atoms with Crippen LogP contribution in [0.15, 0.2) is 84.9 Å². The second-order valence-corrected chi connectivity index (χ2v) is 9.01. The summed E-state index contributed by atoms with van der Waals surface area (Å²) in [6.07, 6.45) is 3.31. The van der Waals surface area contributed by atoms with Crippen LogP contribution in [0, 0.1) is 0 Å². The number of rotatable bonds is 7. The molecule has 0 bridgehead atoms. The Morgan fingerprint density at radius 2 is 1.47 bits per heavy atom. The highest BCUT2D eigenvalue weighted by Gasteiger charge is 2.53. The second kappa shape index (κ2) is 8.89. The minimum atomic E-state index is -0.661. The Bertz CT molecular complexity index is 1060. The van der Waals surface area contributed by atoms with Gasteiger partial charge in [0.15, 0.2) is 0 Å². The van der Waals surface area contributed by atoms with Crippen molar-refractivity contribution >= 4 is 11.6 Å². The second-order valence-electron chi connectivity index (χ2n) is 9.01. The van der Waals surface area contributed by atoms with Crippen LogP contribution < -0.4 is 5.01 Å². The van der Waals surface area contributed by atoms with E-state index in [1.165, 1.54) is 18.4 Å². The number of hydrogen-bond donors (Lipinski definition) is 0. The molecule has 1 atom stereocenters. The molecule has 1 amide bonds. The average Bonchev–Trinajstić information content (AvgIpc) is 3.44. The monoisotopic (exact) mass is 425 g/mol. The summed E-state index contributed by atoms with van der Waals surface area (Å²) in [4.78, 5) is 16.9. The van der Waals surface area contributed by atoms with Crippen LogP contribution in [0.5, 0.6) is 0 Å². The van der Waals surface area contributed by atoms with Gasteiger partial charge in [-0.3, -0.25) is 4.79 Å². The van der Waals surface area contributed by atoms with Gasteiger partial charge in [0.05, 0.1) is 5.69 Å². The minimum Gasteiger partial charge on any atom is -0.303 e. The molecule has 164 valence electrons. The molecule has 32 heavy (non-hydrogen) atoms. The van der Waals surface area contributed by atoms with Gasteiger partial charge in [0.1, 0.15) is 5.41 Å². The number of nitrogens with zero attached hydrogens (tertiary/aromatic N) is 3. The van der Waals surface area contributed by atoms with Crippen LogP contribution in [0.4, 0.5) is 5.69 Å². The van der Waals surface area contributed by atoms with Gasteiger partial charge in [0, 0.05) is 13.6 Å². The Balaban J connectivity index is 1.56. The number of fused-ring (bicyclic) bond motifs is 1. The highest BCUT2D eigenvalue weighted by molar-refractivity contribution is 6.09. The van der Waals surface area contributed by atoms with Crippen molar-refractivity contribution in [1.29, 1.82) is 0 Å². The number of carbonyl (C=O) groups excluding carboxylic acids is 1. The quantitative estimate of drug-likeness (QED) is 0.541. The lowest BCUT2D eigenvalue weighted by Crippen LogP contribution is -2.49. The molecule has 3 aromatic rings. The first kappa shape index (κ1) is 20.9. The van der Waals surface area contributed by atoms with E-state index in [0.29, 0.717) is 6.54 Å². The van der Waals surface area contributed by atoms with Crippen molar-refractivity contribution in [3.8, 4) is 0 Å². The Hall–Kier alpha value is -2.95. The summed E-state index contributed by atoms with van der Waals surface area (Å²) < 4.78 is 0. The van der Waals surface area contributed by atoms with Crippen molar-refractivity contribution in [2.45, 2.75) is 31.2 Å². The lowest BCUT2D eigenvalue weighted by atomic mass is 9.72. The minimum absolute atomic E-state index is 0.155. The standard InChI is InChI=1S/C28H31N3O/c1-29(22-23-12-4-2-5-13-23)31-26-17-9-8-16-25(26)28(27(31)32,24-14-6-3-7-15-24)18-21-30-19-10-11-20-30/h2-9,12-17H,10-11,18-22H2,1H3. The van der Waals surface area contributed by atoms with Crippen molar-refractivity contribution in [3.05, 3.63) is 102 Å². The summed E-state index contributed by atoms with van der Waals surface area (Å²) >= 11 is 0. The fourth-order valence-electron chi connectivity index (χ4n) is 5.40. The molecule has 4 heteroatoms. The number of amides is 1. The summed E-state index contributed by atoms with van der Waals surface area (Å²) in [6, 6.07) is 29.1. The number of anilines is 1. The maximum atomic E-state index is 14.4. The molecule has 0 spiro atoms. The van der Waals surface area contributed by atoms with Gasteiger partial charge in [-0.15, -0.1) is 0 Å². The largest absolute Gasteiger partial charge is 0.303 e. The number of carbonyl (C=O) groups is 1. The maximum Gasteiger partial charge on any atom is 0.256 e. The first-order valence-corrected chi connectivity index (χ1v) is 11.7. The molecule has 4 nitrogen and oxygen atoms in total. The van der Waals surface area contributed by atoms with Gasteiger partial charge in [0.25, 0.3) is 5.91 Å². The van der Waals surface area contributed by atoms with E-state index in [1.54, 1.807) is 0 Å². The van der Waals surface area contributed by atoms with Crippen LogP contribution in [-0.4, -0.2) is 42.5 Å². The van der Waals surface area contributed by atoms with E-state index in [1.807, 2.05) is 42.4 Å². The molecular weight excluding hydrogens is 394 g/mol. The van der Waals surface area contributed by atoms with E-state index >= 15 is 0 Å². The predicted octanol–water partition coefficient (Wildman–Crippen LogP) is 4.85. The number of hydrazine groups is 1. The predicted molar refractivity (Wildman–Crippen MR) is 129 cm³/mol. The Morgan fingerprint density at radius 1 is 0.844 bits per heavy atom. The molecule has 0 radical (unpaired) electrons. The third-order valence-electron chi connectivity index (χ3n) is 7.01. The van der Waals surface area contributed by atoms with E-state index in [4.69, 9.17) is 0 Å². The van der Waals surface area contributed by atoms with Crippen molar-refractivity contribution < 1.29 is 4.79 Å². The number of para-hydroxylation sites is 1. The van der Waals surface area contributed by atoms with Crippen LogP contribution in [0.1, 0.15) is 36.0 Å². The third-order valence-corrected chi connectivity index (χ3v) is 7.01. The van der Waals surface area contributed by atoms with E-state index in [0.717, 1.165) is 42.9 Å². The molecule has 2 aliphatic rings. The Kier molecular flexibility index (Phi) is 5.81. The van der Waals surface area contributed by atoms with Gasteiger partial charge in [-0.25, -0.2) is 10.0 Å². The molecule has 0 aromatic heterocycles. The highest BCUT2D eigenvalue weighted by Crippen LogP contribution is 2.49. The van der Waals surface area contributed by atoms with Crippen LogP contribution in [0.25, 0.3) is 0 Å². The molecule has 1 fully saturated rings. The van der Waals surface area contributed by atoms with Gasteiger partial charge in [-0.05, 0) is 61.7 Å². The van der Waals surface area contributed by atoms with E-state index in [-0.39, 0.29) is 5.91 Å². The molecule has 2 aliphatic heterocycles.